The molecule has 0 aliphatic rings. The Bertz CT molecular complexity index is 179. The molecule has 0 unspecified atom stereocenters. The molecule has 0 aliphatic heterocycles. The maximum absolute atomic E-state index is 9.93. The maximum atomic E-state index is 9.93. The molecule has 0 atom stereocenters. The minimum absolute atomic E-state index is 0.419. The molecule has 0 aromatic carbocycles. The molecule has 0 heterocycles. The minimum Gasteiger partial charge on any atom is -0.477 e. The van der Waals surface area contributed by atoms with Crippen LogP contribution in [-0.4, -0.2) is 11.1 Å². The van der Waals surface area contributed by atoms with Crippen LogP contribution in [0.1, 0.15) is 0 Å². The summed E-state index contributed by atoms with van der Waals surface area (Å²) in [6.07, 6.45) is 0.905. The first-order valence-corrected chi connectivity index (χ1v) is 2.02. The van der Waals surface area contributed by atoms with E-state index in [4.69, 9.17) is 16.2 Å². The topological polar surface area (TPSA) is 99.1 Å². The van der Waals surface area contributed by atoms with Crippen molar-refractivity contribution in [3.05, 3.63) is 11.8 Å². The van der Waals surface area contributed by atoms with Crippen LogP contribution in [0.2, 0.25) is 0 Å². The van der Waals surface area contributed by atoms with Gasteiger partial charge in [0.05, 0.1) is 0 Å². The van der Waals surface area contributed by atoms with E-state index in [1.54, 1.807) is 0 Å². The highest BCUT2D eigenvalue weighted by atomic mass is 16.4. The number of rotatable bonds is 2. The average Bonchev–Trinajstić information content (AvgIpc) is 1.82. The molecule has 9 heavy (non-hydrogen) atoms. The highest BCUT2D eigenvalue weighted by molar-refractivity contribution is 5.90. The summed E-state index contributed by atoms with van der Waals surface area (Å²) >= 11 is 0. The minimum atomic E-state index is -1.30. The molecule has 0 aromatic rings. The monoisotopic (exact) mass is 127 g/mol. The zero-order valence-corrected chi connectivity index (χ0v) is 4.46. The van der Waals surface area contributed by atoms with Crippen molar-refractivity contribution in [3.8, 4) is 6.07 Å². The van der Waals surface area contributed by atoms with Gasteiger partial charge >= 0.3 is 5.97 Å². The van der Waals surface area contributed by atoms with Crippen molar-refractivity contribution in [1.29, 1.82) is 5.26 Å². The predicted octanol–water partition coefficient (Wildman–Crippen LogP) is -1.06. The molecule has 0 amide bonds. The molecule has 0 spiro atoms. The molecule has 4 N–H and O–H groups in total. The van der Waals surface area contributed by atoms with Crippen LogP contribution in [0.4, 0.5) is 0 Å². The van der Waals surface area contributed by atoms with E-state index in [0.29, 0.717) is 0 Å². The first kappa shape index (κ1) is 7.46. The lowest BCUT2D eigenvalue weighted by Crippen LogP contribution is -2.16. The number of hydrogen-bond acceptors (Lipinski definition) is 4. The molecule has 5 nitrogen and oxygen atoms in total. The molecular formula is C4H5N3O2. The van der Waals surface area contributed by atoms with Crippen molar-refractivity contribution in [2.75, 3.05) is 0 Å². The van der Waals surface area contributed by atoms with Crippen LogP contribution in [0, 0.1) is 11.3 Å². The van der Waals surface area contributed by atoms with E-state index in [2.05, 4.69) is 0 Å². The van der Waals surface area contributed by atoms with Crippen molar-refractivity contribution in [1.82, 2.24) is 5.43 Å². The van der Waals surface area contributed by atoms with E-state index < -0.39 is 11.5 Å². The highest BCUT2D eigenvalue weighted by Crippen LogP contribution is 1.86. The van der Waals surface area contributed by atoms with Crippen LogP contribution in [0.25, 0.3) is 0 Å². The Balaban J connectivity index is 4.20. The summed E-state index contributed by atoms with van der Waals surface area (Å²) in [7, 11) is 0. The second-order valence-electron chi connectivity index (χ2n) is 1.14. The van der Waals surface area contributed by atoms with Gasteiger partial charge in [-0.15, -0.1) is 0 Å². The third-order valence-corrected chi connectivity index (χ3v) is 0.579. The number of nitrogens with two attached hydrogens (primary N) is 1. The predicted molar refractivity (Wildman–Crippen MR) is 28.7 cm³/mol. The fraction of sp³-hybridized carbons (Fsp3) is 0. The quantitative estimate of drug-likeness (QED) is 0.190. The van der Waals surface area contributed by atoms with Gasteiger partial charge in [-0.2, -0.15) is 5.26 Å². The number of carbonyl (C=O) groups is 1. The van der Waals surface area contributed by atoms with Crippen molar-refractivity contribution in [2.24, 2.45) is 5.84 Å². The van der Waals surface area contributed by atoms with Crippen LogP contribution < -0.4 is 11.3 Å². The molecule has 0 radical (unpaired) electrons. The van der Waals surface area contributed by atoms with E-state index >= 15 is 0 Å². The summed E-state index contributed by atoms with van der Waals surface area (Å²) in [5.74, 6) is 3.41. The van der Waals surface area contributed by atoms with Crippen molar-refractivity contribution >= 4 is 5.97 Å². The molecule has 0 aliphatic carbocycles. The number of nitriles is 1. The Morgan fingerprint density at radius 3 is 2.56 bits per heavy atom. The fourth-order valence-corrected chi connectivity index (χ4v) is 0.225. The highest BCUT2D eigenvalue weighted by Gasteiger charge is 2.02. The first-order chi connectivity index (χ1) is 4.22. The van der Waals surface area contributed by atoms with Gasteiger partial charge in [-0.1, -0.05) is 0 Å². The molecule has 0 saturated heterocycles. The molecule has 0 aromatic heterocycles. The third kappa shape index (κ3) is 2.31. The summed E-state index contributed by atoms with van der Waals surface area (Å²) in [6.45, 7) is 0. The molecule has 0 saturated carbocycles. The van der Waals surface area contributed by atoms with Gasteiger partial charge in [0.2, 0.25) is 0 Å². The maximum Gasteiger partial charge on any atom is 0.348 e. The number of carboxylic acids is 1. The van der Waals surface area contributed by atoms with E-state index in [-0.39, 0.29) is 0 Å². The van der Waals surface area contributed by atoms with Gasteiger partial charge < -0.3 is 10.5 Å². The SMILES string of the molecule is N#CC(=CNN)C(=O)O. The standard InChI is InChI=1S/C4H5N3O2/c5-1-3(2-7-6)4(8)9/h2,7H,6H2,(H,8,9). The van der Waals surface area contributed by atoms with Gasteiger partial charge in [0, 0.05) is 6.20 Å². The Labute approximate surface area is 51.4 Å². The molecule has 5 heteroatoms. The average molecular weight is 127 g/mol. The van der Waals surface area contributed by atoms with Gasteiger partial charge in [0.15, 0.2) is 5.57 Å². The second-order valence-corrected chi connectivity index (χ2v) is 1.14. The van der Waals surface area contributed by atoms with Gasteiger partial charge in [-0.3, -0.25) is 5.84 Å². The largest absolute Gasteiger partial charge is 0.477 e. The molecule has 0 fully saturated rings. The van der Waals surface area contributed by atoms with Gasteiger partial charge in [0.25, 0.3) is 0 Å². The second kappa shape index (κ2) is 3.46. The fourth-order valence-electron chi connectivity index (χ4n) is 0.225. The smallest absolute Gasteiger partial charge is 0.348 e. The lowest BCUT2D eigenvalue weighted by molar-refractivity contribution is -0.132. The van der Waals surface area contributed by atoms with Crippen LogP contribution >= 0.6 is 0 Å². The summed E-state index contributed by atoms with van der Waals surface area (Å²) in [5, 5.41) is 16.2. The lowest BCUT2D eigenvalue weighted by atomic mass is 10.3. The number of aliphatic carboxylic acids is 1. The van der Waals surface area contributed by atoms with Crippen molar-refractivity contribution in [2.45, 2.75) is 0 Å². The molecular weight excluding hydrogens is 122 g/mol. The van der Waals surface area contributed by atoms with E-state index in [1.165, 1.54) is 6.07 Å². The summed E-state index contributed by atoms with van der Waals surface area (Å²) in [6, 6.07) is 1.42. The van der Waals surface area contributed by atoms with E-state index in [1.807, 2.05) is 5.43 Å². The summed E-state index contributed by atoms with van der Waals surface area (Å²) < 4.78 is 0. The van der Waals surface area contributed by atoms with Crippen LogP contribution in [0.3, 0.4) is 0 Å². The zero-order valence-electron chi connectivity index (χ0n) is 4.46. The Kier molecular flexibility index (Phi) is 2.87. The zero-order chi connectivity index (χ0) is 7.28. The van der Waals surface area contributed by atoms with Gasteiger partial charge in [0.1, 0.15) is 6.07 Å². The lowest BCUT2D eigenvalue weighted by Gasteiger charge is -1.87. The van der Waals surface area contributed by atoms with Crippen molar-refractivity contribution in [3.63, 3.8) is 0 Å². The van der Waals surface area contributed by atoms with Gasteiger partial charge in [-0.25, -0.2) is 4.79 Å². The number of hydrogen-bond donors (Lipinski definition) is 3. The number of hydrazine groups is 1. The number of nitrogens with zero attached hydrogens (tertiary/aromatic N) is 1. The van der Waals surface area contributed by atoms with E-state index in [9.17, 15) is 4.79 Å². The first-order valence-electron chi connectivity index (χ1n) is 2.02. The normalized spacial score (nSPS) is 10.0. The Morgan fingerprint density at radius 1 is 1.89 bits per heavy atom. The Hall–Kier alpha value is -1.54. The number of nitrogens with one attached hydrogen (secondary N) is 1. The van der Waals surface area contributed by atoms with Gasteiger partial charge in [-0.05, 0) is 0 Å². The molecule has 0 rings (SSSR count). The summed E-state index contributed by atoms with van der Waals surface area (Å²) in [4.78, 5) is 9.93. The molecule has 48 valence electrons. The third-order valence-electron chi connectivity index (χ3n) is 0.579. The Morgan fingerprint density at radius 2 is 2.44 bits per heavy atom. The summed E-state index contributed by atoms with van der Waals surface area (Å²) in [5.41, 5.74) is 1.52. The van der Waals surface area contributed by atoms with Crippen LogP contribution in [-0.2, 0) is 4.79 Å². The number of carboxylic acid groups (broad SMARTS) is 1. The van der Waals surface area contributed by atoms with Crippen LogP contribution in [0.15, 0.2) is 11.8 Å². The molecule has 0 bridgehead atoms. The van der Waals surface area contributed by atoms with Crippen LogP contribution in [0.5, 0.6) is 0 Å². The van der Waals surface area contributed by atoms with E-state index in [0.717, 1.165) is 6.20 Å². The van der Waals surface area contributed by atoms with Crippen molar-refractivity contribution < 1.29 is 9.90 Å².